The second kappa shape index (κ2) is 7.28. The van der Waals surface area contributed by atoms with Crippen LogP contribution in [0.1, 0.15) is 11.1 Å². The molecule has 2 aromatic carbocycles. The van der Waals surface area contributed by atoms with Gasteiger partial charge in [0, 0.05) is 11.8 Å². The first-order valence-electron chi connectivity index (χ1n) is 7.90. The van der Waals surface area contributed by atoms with Gasteiger partial charge in [-0.2, -0.15) is 0 Å². The van der Waals surface area contributed by atoms with Gasteiger partial charge in [0.15, 0.2) is 23.3 Å². The highest BCUT2D eigenvalue weighted by molar-refractivity contribution is 7.92. The maximum atomic E-state index is 13.2. The Bertz CT molecular complexity index is 1090. The summed E-state index contributed by atoms with van der Waals surface area (Å²) in [7, 11) is -3.81. The van der Waals surface area contributed by atoms with Crippen molar-refractivity contribution in [3.05, 3.63) is 71.3 Å². The third-order valence-electron chi connectivity index (χ3n) is 3.73. The largest absolute Gasteiger partial charge is 0.339 e. The summed E-state index contributed by atoms with van der Waals surface area (Å²) in [5, 5.41) is 10.4. The standard InChI is InChI=1S/C18H16F2N4O2S/c1-11-3-4-12(2)16(9-11)27(25,26)24-18-8-7-17(22-23-18)21-13-5-6-14(19)15(20)10-13/h3-10H,1-2H3,(H,21,22)(H,23,24). The zero-order chi connectivity index (χ0) is 19.6. The minimum Gasteiger partial charge on any atom is -0.339 e. The highest BCUT2D eigenvalue weighted by atomic mass is 32.2. The molecule has 0 aliphatic carbocycles. The molecule has 0 saturated heterocycles. The van der Waals surface area contributed by atoms with Crippen molar-refractivity contribution in [1.29, 1.82) is 0 Å². The quantitative estimate of drug-likeness (QED) is 0.690. The number of halogens is 2. The van der Waals surface area contributed by atoms with Gasteiger partial charge in [0.1, 0.15) is 0 Å². The van der Waals surface area contributed by atoms with Crippen LogP contribution in [0.4, 0.5) is 26.1 Å². The van der Waals surface area contributed by atoms with E-state index in [1.165, 1.54) is 18.2 Å². The molecule has 3 aromatic rings. The molecule has 0 fully saturated rings. The Morgan fingerprint density at radius 1 is 0.852 bits per heavy atom. The average molecular weight is 390 g/mol. The van der Waals surface area contributed by atoms with Gasteiger partial charge >= 0.3 is 0 Å². The molecule has 9 heteroatoms. The van der Waals surface area contributed by atoms with E-state index >= 15 is 0 Å². The predicted molar refractivity (Wildman–Crippen MR) is 98.4 cm³/mol. The molecule has 0 aliphatic rings. The van der Waals surface area contributed by atoms with Gasteiger partial charge < -0.3 is 5.32 Å². The summed E-state index contributed by atoms with van der Waals surface area (Å²) in [5.41, 5.74) is 1.71. The molecule has 0 unspecified atom stereocenters. The van der Waals surface area contributed by atoms with Gasteiger partial charge in [-0.25, -0.2) is 17.2 Å². The Morgan fingerprint density at radius 3 is 2.22 bits per heavy atom. The molecule has 0 radical (unpaired) electrons. The van der Waals surface area contributed by atoms with E-state index in [1.807, 2.05) is 6.07 Å². The highest BCUT2D eigenvalue weighted by Crippen LogP contribution is 2.21. The van der Waals surface area contributed by atoms with E-state index in [4.69, 9.17) is 0 Å². The molecule has 0 aliphatic heterocycles. The van der Waals surface area contributed by atoms with Crippen LogP contribution in [0.25, 0.3) is 0 Å². The summed E-state index contributed by atoms with van der Waals surface area (Å²) in [6.07, 6.45) is 0. The van der Waals surface area contributed by atoms with Crippen molar-refractivity contribution in [3.63, 3.8) is 0 Å². The molecule has 140 valence electrons. The molecule has 1 heterocycles. The third-order valence-corrected chi connectivity index (χ3v) is 5.23. The van der Waals surface area contributed by atoms with Gasteiger partial charge in [0.05, 0.1) is 4.90 Å². The Labute approximate surface area is 155 Å². The second-order valence-corrected chi connectivity index (χ2v) is 7.58. The first kappa shape index (κ1) is 18.7. The van der Waals surface area contributed by atoms with Crippen molar-refractivity contribution in [1.82, 2.24) is 10.2 Å². The Hall–Kier alpha value is -3.07. The monoisotopic (exact) mass is 390 g/mol. The summed E-state index contributed by atoms with van der Waals surface area (Å²) < 4.78 is 53.6. The Balaban J connectivity index is 1.77. The van der Waals surface area contributed by atoms with Crippen LogP contribution in [0.5, 0.6) is 0 Å². The predicted octanol–water partition coefficient (Wildman–Crippen LogP) is 3.92. The van der Waals surface area contributed by atoms with Crippen molar-refractivity contribution >= 4 is 27.3 Å². The number of nitrogens with one attached hydrogen (secondary N) is 2. The highest BCUT2D eigenvalue weighted by Gasteiger charge is 2.18. The Morgan fingerprint density at radius 2 is 1.56 bits per heavy atom. The van der Waals surface area contributed by atoms with E-state index in [9.17, 15) is 17.2 Å². The average Bonchev–Trinajstić information content (AvgIpc) is 2.61. The SMILES string of the molecule is Cc1ccc(C)c(S(=O)(=O)Nc2ccc(Nc3ccc(F)c(F)c3)nn2)c1. The first-order chi connectivity index (χ1) is 12.7. The van der Waals surface area contributed by atoms with E-state index in [1.54, 1.807) is 26.0 Å². The molecule has 0 amide bonds. The van der Waals surface area contributed by atoms with Crippen molar-refractivity contribution in [2.45, 2.75) is 18.7 Å². The van der Waals surface area contributed by atoms with Crippen molar-refractivity contribution in [2.75, 3.05) is 10.0 Å². The van der Waals surface area contributed by atoms with Crippen LogP contribution in [-0.2, 0) is 10.0 Å². The van der Waals surface area contributed by atoms with Gasteiger partial charge in [-0.15, -0.1) is 10.2 Å². The minimum atomic E-state index is -3.81. The van der Waals surface area contributed by atoms with E-state index in [2.05, 4.69) is 20.2 Å². The minimum absolute atomic E-state index is 0.0340. The van der Waals surface area contributed by atoms with Crippen LogP contribution in [0.3, 0.4) is 0 Å². The number of benzene rings is 2. The van der Waals surface area contributed by atoms with E-state index in [-0.39, 0.29) is 22.2 Å². The third kappa shape index (κ3) is 4.37. The number of anilines is 3. The molecule has 0 spiro atoms. The molecule has 1 aromatic heterocycles. The molecule has 2 N–H and O–H groups in total. The molecular formula is C18H16F2N4O2S. The molecule has 6 nitrogen and oxygen atoms in total. The fraction of sp³-hybridized carbons (Fsp3) is 0.111. The van der Waals surface area contributed by atoms with E-state index in [0.29, 0.717) is 5.56 Å². The van der Waals surface area contributed by atoms with Crippen LogP contribution in [0, 0.1) is 25.5 Å². The van der Waals surface area contributed by atoms with Crippen LogP contribution in [-0.4, -0.2) is 18.6 Å². The number of nitrogens with zero attached hydrogens (tertiary/aromatic N) is 2. The lowest BCUT2D eigenvalue weighted by molar-refractivity contribution is 0.509. The van der Waals surface area contributed by atoms with Crippen molar-refractivity contribution in [3.8, 4) is 0 Å². The zero-order valence-electron chi connectivity index (χ0n) is 14.5. The van der Waals surface area contributed by atoms with E-state index in [0.717, 1.165) is 17.7 Å². The molecule has 27 heavy (non-hydrogen) atoms. The zero-order valence-corrected chi connectivity index (χ0v) is 15.3. The molecule has 0 saturated carbocycles. The van der Waals surface area contributed by atoms with Gasteiger partial charge in [-0.05, 0) is 55.3 Å². The second-order valence-electron chi connectivity index (χ2n) is 5.93. The molecule has 3 rings (SSSR count). The van der Waals surface area contributed by atoms with Crippen LogP contribution < -0.4 is 10.0 Å². The summed E-state index contributed by atoms with van der Waals surface area (Å²) in [6, 6.07) is 11.3. The first-order valence-corrected chi connectivity index (χ1v) is 9.39. The summed E-state index contributed by atoms with van der Waals surface area (Å²) >= 11 is 0. The lowest BCUT2D eigenvalue weighted by Gasteiger charge is -2.11. The number of sulfonamides is 1. The lowest BCUT2D eigenvalue weighted by atomic mass is 10.2. The Kier molecular flexibility index (Phi) is 5.04. The van der Waals surface area contributed by atoms with Crippen LogP contribution >= 0.6 is 0 Å². The summed E-state index contributed by atoms with van der Waals surface area (Å²) in [5.74, 6) is -1.67. The fourth-order valence-corrected chi connectivity index (χ4v) is 3.69. The number of aromatic nitrogens is 2. The normalized spacial score (nSPS) is 11.3. The number of aryl methyl sites for hydroxylation is 2. The van der Waals surface area contributed by atoms with E-state index < -0.39 is 21.7 Å². The van der Waals surface area contributed by atoms with Crippen LogP contribution in [0.2, 0.25) is 0 Å². The van der Waals surface area contributed by atoms with Gasteiger partial charge in [-0.3, -0.25) is 4.72 Å². The molecule has 0 bridgehead atoms. The van der Waals surface area contributed by atoms with Gasteiger partial charge in [0.2, 0.25) is 0 Å². The lowest BCUT2D eigenvalue weighted by Crippen LogP contribution is -2.15. The smallest absolute Gasteiger partial charge is 0.263 e. The molecule has 0 atom stereocenters. The summed E-state index contributed by atoms with van der Waals surface area (Å²) in [6.45, 7) is 3.51. The number of hydrogen-bond donors (Lipinski definition) is 2. The van der Waals surface area contributed by atoms with Crippen molar-refractivity contribution < 1.29 is 17.2 Å². The van der Waals surface area contributed by atoms with Gasteiger partial charge in [-0.1, -0.05) is 12.1 Å². The topological polar surface area (TPSA) is 84.0 Å². The van der Waals surface area contributed by atoms with Crippen molar-refractivity contribution in [2.24, 2.45) is 0 Å². The number of hydrogen-bond acceptors (Lipinski definition) is 5. The molecular weight excluding hydrogens is 374 g/mol. The summed E-state index contributed by atoms with van der Waals surface area (Å²) in [4.78, 5) is 0.160. The number of rotatable bonds is 5. The maximum absolute atomic E-state index is 13.2. The fourth-order valence-electron chi connectivity index (χ4n) is 2.36. The van der Waals surface area contributed by atoms with Gasteiger partial charge in [0.25, 0.3) is 10.0 Å². The van der Waals surface area contributed by atoms with Crippen LogP contribution in [0.15, 0.2) is 53.4 Å². The maximum Gasteiger partial charge on any atom is 0.263 e.